The molecule has 0 amide bonds. The Bertz CT molecular complexity index is 177. The SMILES string of the molecule is CC(C)[C@@]1(C)CC=CN1CCO. The highest BCUT2D eigenvalue weighted by Gasteiger charge is 2.34. The molecule has 0 radical (unpaired) electrons. The molecule has 0 aromatic heterocycles. The summed E-state index contributed by atoms with van der Waals surface area (Å²) in [6, 6.07) is 0. The summed E-state index contributed by atoms with van der Waals surface area (Å²) in [7, 11) is 0. The van der Waals surface area contributed by atoms with Crippen LogP contribution in [0, 0.1) is 5.92 Å². The Kier molecular flexibility index (Phi) is 2.78. The van der Waals surface area contributed by atoms with Crippen molar-refractivity contribution in [1.82, 2.24) is 4.90 Å². The maximum atomic E-state index is 8.87. The van der Waals surface area contributed by atoms with Gasteiger partial charge in [-0.1, -0.05) is 19.9 Å². The quantitative estimate of drug-likeness (QED) is 0.694. The molecule has 0 aromatic carbocycles. The fourth-order valence-corrected chi connectivity index (χ4v) is 1.71. The van der Waals surface area contributed by atoms with Crippen molar-refractivity contribution in [2.24, 2.45) is 5.92 Å². The van der Waals surface area contributed by atoms with E-state index < -0.39 is 0 Å². The number of hydrogen-bond donors (Lipinski definition) is 1. The number of rotatable bonds is 3. The Morgan fingerprint density at radius 1 is 1.58 bits per heavy atom. The minimum atomic E-state index is 0.225. The van der Waals surface area contributed by atoms with Crippen LogP contribution in [0.25, 0.3) is 0 Å². The van der Waals surface area contributed by atoms with Crippen LogP contribution in [-0.2, 0) is 0 Å². The summed E-state index contributed by atoms with van der Waals surface area (Å²) in [6.07, 6.45) is 5.40. The molecule has 12 heavy (non-hydrogen) atoms. The Balaban J connectivity index is 2.65. The third kappa shape index (κ3) is 1.48. The van der Waals surface area contributed by atoms with Crippen molar-refractivity contribution in [3.8, 4) is 0 Å². The van der Waals surface area contributed by atoms with Gasteiger partial charge in [-0.05, 0) is 25.5 Å². The van der Waals surface area contributed by atoms with Gasteiger partial charge in [0.15, 0.2) is 0 Å². The molecule has 1 heterocycles. The van der Waals surface area contributed by atoms with Crippen LogP contribution in [0.15, 0.2) is 12.3 Å². The zero-order valence-corrected chi connectivity index (χ0v) is 8.25. The molecular weight excluding hydrogens is 150 g/mol. The van der Waals surface area contributed by atoms with Gasteiger partial charge in [0.25, 0.3) is 0 Å². The van der Waals surface area contributed by atoms with Gasteiger partial charge in [0.05, 0.1) is 6.61 Å². The van der Waals surface area contributed by atoms with E-state index in [0.29, 0.717) is 5.92 Å². The van der Waals surface area contributed by atoms with Crippen LogP contribution in [0.2, 0.25) is 0 Å². The molecule has 1 atom stereocenters. The Labute approximate surface area is 74.9 Å². The molecule has 0 fully saturated rings. The van der Waals surface area contributed by atoms with Gasteiger partial charge in [-0.2, -0.15) is 0 Å². The predicted octanol–water partition coefficient (Wildman–Crippen LogP) is 1.61. The van der Waals surface area contributed by atoms with E-state index in [0.717, 1.165) is 13.0 Å². The van der Waals surface area contributed by atoms with Gasteiger partial charge in [0.2, 0.25) is 0 Å². The third-order valence-electron chi connectivity index (χ3n) is 3.06. The van der Waals surface area contributed by atoms with Crippen molar-refractivity contribution >= 4 is 0 Å². The van der Waals surface area contributed by atoms with E-state index in [1.165, 1.54) is 0 Å². The fourth-order valence-electron chi connectivity index (χ4n) is 1.71. The lowest BCUT2D eigenvalue weighted by Gasteiger charge is -2.39. The minimum absolute atomic E-state index is 0.225. The van der Waals surface area contributed by atoms with Gasteiger partial charge >= 0.3 is 0 Å². The highest BCUT2D eigenvalue weighted by Crippen LogP contribution is 2.33. The largest absolute Gasteiger partial charge is 0.395 e. The molecule has 1 rings (SSSR count). The van der Waals surface area contributed by atoms with E-state index in [4.69, 9.17) is 5.11 Å². The molecule has 0 saturated carbocycles. The highest BCUT2D eigenvalue weighted by atomic mass is 16.3. The smallest absolute Gasteiger partial charge is 0.0606 e. The van der Waals surface area contributed by atoms with Crippen LogP contribution >= 0.6 is 0 Å². The van der Waals surface area contributed by atoms with Gasteiger partial charge in [0.1, 0.15) is 0 Å². The zero-order valence-electron chi connectivity index (χ0n) is 8.25. The number of aliphatic hydroxyl groups excluding tert-OH is 1. The lowest BCUT2D eigenvalue weighted by atomic mass is 9.86. The monoisotopic (exact) mass is 169 g/mol. The van der Waals surface area contributed by atoms with E-state index in [1.807, 2.05) is 0 Å². The molecule has 2 heteroatoms. The van der Waals surface area contributed by atoms with Crippen molar-refractivity contribution in [1.29, 1.82) is 0 Å². The summed E-state index contributed by atoms with van der Waals surface area (Å²) >= 11 is 0. The topological polar surface area (TPSA) is 23.5 Å². The average Bonchev–Trinajstić information content (AvgIpc) is 2.35. The van der Waals surface area contributed by atoms with E-state index in [2.05, 4.69) is 37.9 Å². The molecule has 2 nitrogen and oxygen atoms in total. The maximum Gasteiger partial charge on any atom is 0.0606 e. The summed E-state index contributed by atoms with van der Waals surface area (Å²) in [5.74, 6) is 0.624. The van der Waals surface area contributed by atoms with Crippen LogP contribution in [0.1, 0.15) is 27.2 Å². The first-order valence-corrected chi connectivity index (χ1v) is 4.65. The molecule has 0 aromatic rings. The Morgan fingerprint density at radius 2 is 2.25 bits per heavy atom. The van der Waals surface area contributed by atoms with Crippen molar-refractivity contribution in [2.45, 2.75) is 32.7 Å². The van der Waals surface area contributed by atoms with E-state index in [-0.39, 0.29) is 12.1 Å². The summed E-state index contributed by atoms with van der Waals surface area (Å²) < 4.78 is 0. The Hall–Kier alpha value is -0.500. The van der Waals surface area contributed by atoms with Gasteiger partial charge in [-0.15, -0.1) is 0 Å². The summed E-state index contributed by atoms with van der Waals surface area (Å²) in [5, 5.41) is 8.87. The predicted molar refractivity (Wildman–Crippen MR) is 50.8 cm³/mol. The van der Waals surface area contributed by atoms with E-state index in [9.17, 15) is 0 Å². The molecule has 1 N–H and O–H groups in total. The zero-order chi connectivity index (χ0) is 9.19. The molecule has 70 valence electrons. The van der Waals surface area contributed by atoms with Crippen LogP contribution in [0.3, 0.4) is 0 Å². The highest BCUT2D eigenvalue weighted by molar-refractivity contribution is 5.07. The number of aliphatic hydroxyl groups is 1. The molecule has 0 bridgehead atoms. The molecule has 1 aliphatic heterocycles. The summed E-state index contributed by atoms with van der Waals surface area (Å²) in [4.78, 5) is 2.25. The van der Waals surface area contributed by atoms with Crippen LogP contribution in [0.5, 0.6) is 0 Å². The van der Waals surface area contributed by atoms with Gasteiger partial charge in [-0.25, -0.2) is 0 Å². The average molecular weight is 169 g/mol. The third-order valence-corrected chi connectivity index (χ3v) is 3.06. The molecule has 0 saturated heterocycles. The molecular formula is C10H19NO. The van der Waals surface area contributed by atoms with Gasteiger partial charge in [0, 0.05) is 12.1 Å². The van der Waals surface area contributed by atoms with Crippen molar-refractivity contribution in [2.75, 3.05) is 13.2 Å². The number of β-amino-alcohol motifs (C(OH)–C–C–N with tert-alkyl or cyclic N) is 1. The van der Waals surface area contributed by atoms with Crippen molar-refractivity contribution in [3.05, 3.63) is 12.3 Å². The maximum absolute atomic E-state index is 8.87. The van der Waals surface area contributed by atoms with Crippen LogP contribution in [0.4, 0.5) is 0 Å². The van der Waals surface area contributed by atoms with Crippen molar-refractivity contribution in [3.63, 3.8) is 0 Å². The van der Waals surface area contributed by atoms with E-state index >= 15 is 0 Å². The second-order valence-electron chi connectivity index (χ2n) is 4.02. The van der Waals surface area contributed by atoms with Crippen LogP contribution in [-0.4, -0.2) is 28.7 Å². The first-order valence-electron chi connectivity index (χ1n) is 4.65. The first kappa shape index (κ1) is 9.59. The number of hydrogen-bond acceptors (Lipinski definition) is 2. The first-order chi connectivity index (χ1) is 5.61. The van der Waals surface area contributed by atoms with Crippen molar-refractivity contribution < 1.29 is 5.11 Å². The normalized spacial score (nSPS) is 28.9. The summed E-state index contributed by atoms with van der Waals surface area (Å²) in [6.45, 7) is 7.72. The van der Waals surface area contributed by atoms with Crippen LogP contribution < -0.4 is 0 Å². The lowest BCUT2D eigenvalue weighted by molar-refractivity contribution is 0.106. The lowest BCUT2D eigenvalue weighted by Crippen LogP contribution is -2.45. The van der Waals surface area contributed by atoms with Gasteiger partial charge in [-0.3, -0.25) is 0 Å². The van der Waals surface area contributed by atoms with Gasteiger partial charge < -0.3 is 10.0 Å². The second kappa shape index (κ2) is 3.48. The summed E-state index contributed by atoms with van der Waals surface area (Å²) in [5.41, 5.74) is 0.225. The molecule has 0 unspecified atom stereocenters. The number of nitrogens with zero attached hydrogens (tertiary/aromatic N) is 1. The van der Waals surface area contributed by atoms with E-state index in [1.54, 1.807) is 0 Å². The Morgan fingerprint density at radius 3 is 2.75 bits per heavy atom. The molecule has 1 aliphatic rings. The second-order valence-corrected chi connectivity index (χ2v) is 4.02. The molecule has 0 aliphatic carbocycles. The molecule has 0 spiro atoms. The fraction of sp³-hybridized carbons (Fsp3) is 0.800. The standard InChI is InChI=1S/C10H19NO/c1-9(2)10(3)5-4-6-11(10)7-8-12/h4,6,9,12H,5,7-8H2,1-3H3/t10-/m1/s1. The minimum Gasteiger partial charge on any atom is -0.395 e.